The number of nitrogens with zero attached hydrogens (tertiary/aromatic N) is 2. The minimum Gasteiger partial charge on any atom is -0.305 e. The van der Waals surface area contributed by atoms with Crippen molar-refractivity contribution in [2.24, 2.45) is 0 Å². The van der Waals surface area contributed by atoms with E-state index in [2.05, 4.69) is 17.3 Å². The molecule has 0 radical (unpaired) electrons. The van der Waals surface area contributed by atoms with Crippen LogP contribution in [0.1, 0.15) is 43.1 Å². The van der Waals surface area contributed by atoms with Gasteiger partial charge in [-0.2, -0.15) is 5.10 Å². The van der Waals surface area contributed by atoms with E-state index in [9.17, 15) is 4.39 Å². The Kier molecular flexibility index (Phi) is 4.90. The lowest BCUT2D eigenvalue weighted by Gasteiger charge is -2.21. The third-order valence-electron chi connectivity index (χ3n) is 3.42. The quantitative estimate of drug-likeness (QED) is 0.875. The van der Waals surface area contributed by atoms with Crippen molar-refractivity contribution in [1.82, 2.24) is 15.1 Å². The van der Waals surface area contributed by atoms with E-state index < -0.39 is 0 Å². The molecule has 1 aromatic carbocycles. The number of rotatable bonds is 6. The Morgan fingerprint density at radius 1 is 1.30 bits per heavy atom. The first-order valence-electron chi connectivity index (χ1n) is 7.19. The number of halogens is 1. The molecule has 108 valence electrons. The molecule has 0 saturated heterocycles. The minimum absolute atomic E-state index is 0.136. The zero-order valence-electron chi connectivity index (χ0n) is 12.4. The summed E-state index contributed by atoms with van der Waals surface area (Å²) in [6, 6.07) is 7.35. The lowest BCUT2D eigenvalue weighted by molar-refractivity contribution is 0.500. The van der Waals surface area contributed by atoms with Gasteiger partial charge in [-0.1, -0.05) is 32.0 Å². The predicted molar refractivity (Wildman–Crippen MR) is 79.2 cm³/mol. The van der Waals surface area contributed by atoms with Crippen LogP contribution in [-0.2, 0) is 6.54 Å². The van der Waals surface area contributed by atoms with Gasteiger partial charge in [-0.25, -0.2) is 4.39 Å². The third kappa shape index (κ3) is 2.90. The summed E-state index contributed by atoms with van der Waals surface area (Å²) in [7, 11) is 0. The highest BCUT2D eigenvalue weighted by atomic mass is 19.1. The van der Waals surface area contributed by atoms with E-state index in [-0.39, 0.29) is 11.9 Å². The molecular formula is C16H22FN3. The minimum atomic E-state index is -0.158. The van der Waals surface area contributed by atoms with Gasteiger partial charge in [0.1, 0.15) is 5.82 Å². The predicted octanol–water partition coefficient (Wildman–Crippen LogP) is 3.44. The molecule has 0 fully saturated rings. The first kappa shape index (κ1) is 14.7. The van der Waals surface area contributed by atoms with Crippen LogP contribution in [0.2, 0.25) is 0 Å². The van der Waals surface area contributed by atoms with Gasteiger partial charge in [0, 0.05) is 18.3 Å². The molecule has 0 aliphatic rings. The van der Waals surface area contributed by atoms with Crippen molar-refractivity contribution in [3.8, 4) is 0 Å². The van der Waals surface area contributed by atoms with Crippen LogP contribution >= 0.6 is 0 Å². The summed E-state index contributed by atoms with van der Waals surface area (Å²) in [5, 5.41) is 7.71. The Morgan fingerprint density at radius 3 is 2.80 bits per heavy atom. The van der Waals surface area contributed by atoms with Crippen molar-refractivity contribution >= 4 is 0 Å². The maximum atomic E-state index is 14.4. The van der Waals surface area contributed by atoms with E-state index in [4.69, 9.17) is 0 Å². The number of benzene rings is 1. The van der Waals surface area contributed by atoms with Crippen LogP contribution < -0.4 is 5.32 Å². The molecule has 1 aromatic heterocycles. The molecule has 0 saturated carbocycles. The summed E-state index contributed by atoms with van der Waals surface area (Å²) in [6.45, 7) is 7.56. The van der Waals surface area contributed by atoms with E-state index >= 15 is 0 Å². The van der Waals surface area contributed by atoms with E-state index in [1.807, 2.05) is 29.8 Å². The van der Waals surface area contributed by atoms with E-state index in [0.717, 1.165) is 25.2 Å². The van der Waals surface area contributed by atoms with E-state index in [1.165, 1.54) is 0 Å². The van der Waals surface area contributed by atoms with Gasteiger partial charge < -0.3 is 5.32 Å². The molecule has 0 spiro atoms. The van der Waals surface area contributed by atoms with Crippen LogP contribution in [0.15, 0.2) is 30.5 Å². The molecule has 0 bridgehead atoms. The Balaban J connectivity index is 2.45. The highest BCUT2D eigenvalue weighted by Gasteiger charge is 2.21. The molecule has 0 aliphatic heterocycles. The third-order valence-corrected chi connectivity index (χ3v) is 3.42. The van der Waals surface area contributed by atoms with Crippen LogP contribution in [-0.4, -0.2) is 16.3 Å². The van der Waals surface area contributed by atoms with Gasteiger partial charge in [0.25, 0.3) is 0 Å². The SMILES string of the molecule is CCCn1nccc1C(NCC)c1cccc(C)c1F. The number of aryl methyl sites for hydroxylation is 2. The maximum absolute atomic E-state index is 14.4. The Bertz CT molecular complexity index is 563. The van der Waals surface area contributed by atoms with Gasteiger partial charge in [-0.3, -0.25) is 4.68 Å². The molecule has 1 heterocycles. The molecular weight excluding hydrogens is 253 g/mol. The molecule has 1 N–H and O–H groups in total. The zero-order chi connectivity index (χ0) is 14.5. The van der Waals surface area contributed by atoms with Crippen molar-refractivity contribution < 1.29 is 4.39 Å². The van der Waals surface area contributed by atoms with Crippen LogP contribution in [0.25, 0.3) is 0 Å². The topological polar surface area (TPSA) is 29.9 Å². The average Bonchev–Trinajstić information content (AvgIpc) is 2.88. The van der Waals surface area contributed by atoms with E-state index in [1.54, 1.807) is 19.2 Å². The number of hydrogen-bond donors (Lipinski definition) is 1. The number of hydrogen-bond acceptors (Lipinski definition) is 2. The molecule has 1 unspecified atom stereocenters. The second-order valence-corrected chi connectivity index (χ2v) is 4.95. The van der Waals surface area contributed by atoms with E-state index in [0.29, 0.717) is 11.1 Å². The number of nitrogens with one attached hydrogen (secondary N) is 1. The standard InChI is InChI=1S/C16H22FN3/c1-4-11-20-14(9-10-19-20)16(18-5-2)13-8-6-7-12(3)15(13)17/h6-10,16,18H,4-5,11H2,1-3H3. The summed E-state index contributed by atoms with van der Waals surface area (Å²) >= 11 is 0. The van der Waals surface area contributed by atoms with Crippen LogP contribution in [0.3, 0.4) is 0 Å². The fourth-order valence-electron chi connectivity index (χ4n) is 2.46. The Morgan fingerprint density at radius 2 is 2.10 bits per heavy atom. The monoisotopic (exact) mass is 275 g/mol. The molecule has 2 rings (SSSR count). The molecule has 3 nitrogen and oxygen atoms in total. The first-order chi connectivity index (χ1) is 9.69. The van der Waals surface area contributed by atoms with Crippen molar-refractivity contribution in [3.63, 3.8) is 0 Å². The maximum Gasteiger partial charge on any atom is 0.131 e. The van der Waals surface area contributed by atoms with Gasteiger partial charge in [-0.05, 0) is 31.5 Å². The summed E-state index contributed by atoms with van der Waals surface area (Å²) in [6.07, 6.45) is 2.78. The molecule has 2 aromatic rings. The molecule has 1 atom stereocenters. The van der Waals surface area contributed by atoms with Crippen LogP contribution in [0.5, 0.6) is 0 Å². The second-order valence-electron chi connectivity index (χ2n) is 4.95. The lowest BCUT2D eigenvalue weighted by atomic mass is 10.0. The molecule has 0 aliphatic carbocycles. The number of aromatic nitrogens is 2. The molecule has 4 heteroatoms. The molecule has 20 heavy (non-hydrogen) atoms. The fourth-order valence-corrected chi connectivity index (χ4v) is 2.46. The zero-order valence-corrected chi connectivity index (χ0v) is 12.4. The summed E-state index contributed by atoms with van der Waals surface area (Å²) in [4.78, 5) is 0. The van der Waals surface area contributed by atoms with Crippen molar-refractivity contribution in [2.75, 3.05) is 6.54 Å². The van der Waals surface area contributed by atoms with Crippen LogP contribution in [0.4, 0.5) is 4.39 Å². The summed E-state index contributed by atoms with van der Waals surface area (Å²) in [5.74, 6) is -0.136. The Labute approximate surface area is 119 Å². The summed E-state index contributed by atoms with van der Waals surface area (Å²) in [5.41, 5.74) is 2.37. The van der Waals surface area contributed by atoms with Gasteiger partial charge in [0.2, 0.25) is 0 Å². The van der Waals surface area contributed by atoms with Crippen molar-refractivity contribution in [3.05, 3.63) is 53.1 Å². The highest BCUT2D eigenvalue weighted by molar-refractivity contribution is 5.32. The van der Waals surface area contributed by atoms with Gasteiger partial charge in [0.15, 0.2) is 0 Å². The van der Waals surface area contributed by atoms with Crippen LogP contribution in [0, 0.1) is 12.7 Å². The normalized spacial score (nSPS) is 12.6. The Hall–Kier alpha value is -1.68. The lowest BCUT2D eigenvalue weighted by Crippen LogP contribution is -2.26. The second kappa shape index (κ2) is 6.66. The van der Waals surface area contributed by atoms with Gasteiger partial charge >= 0.3 is 0 Å². The van der Waals surface area contributed by atoms with Crippen molar-refractivity contribution in [2.45, 2.75) is 39.8 Å². The van der Waals surface area contributed by atoms with Gasteiger partial charge in [0.05, 0.1) is 11.7 Å². The highest BCUT2D eigenvalue weighted by Crippen LogP contribution is 2.26. The summed E-state index contributed by atoms with van der Waals surface area (Å²) < 4.78 is 16.4. The smallest absolute Gasteiger partial charge is 0.131 e. The fraction of sp³-hybridized carbons (Fsp3) is 0.438. The van der Waals surface area contributed by atoms with Gasteiger partial charge in [-0.15, -0.1) is 0 Å². The molecule has 0 amide bonds. The van der Waals surface area contributed by atoms with Crippen molar-refractivity contribution in [1.29, 1.82) is 0 Å². The first-order valence-corrected chi connectivity index (χ1v) is 7.19. The average molecular weight is 275 g/mol. The largest absolute Gasteiger partial charge is 0.305 e.